The molecule has 1 fully saturated rings. The van der Waals surface area contributed by atoms with E-state index in [-0.39, 0.29) is 32.4 Å². The predicted molar refractivity (Wildman–Crippen MR) is 115 cm³/mol. The summed E-state index contributed by atoms with van der Waals surface area (Å²) in [5.74, 6) is -7.16. The van der Waals surface area contributed by atoms with Crippen LogP contribution in [0, 0.1) is 0 Å². The van der Waals surface area contributed by atoms with E-state index in [0.717, 1.165) is 13.1 Å². The molecule has 2 N–H and O–H groups in total. The minimum absolute atomic E-state index is 0.0321. The van der Waals surface area contributed by atoms with Crippen LogP contribution in [0.1, 0.15) is 34.5 Å². The average Bonchev–Trinajstić information content (AvgIpc) is 3.24. The molecular weight excluding hydrogens is 556 g/mol. The number of nitrogens with one attached hydrogen (secondary N) is 1. The quantitative estimate of drug-likeness (QED) is 0.264. The molecule has 0 bridgehead atoms. The van der Waals surface area contributed by atoms with E-state index in [9.17, 15) is 45.0 Å². The van der Waals surface area contributed by atoms with E-state index < -0.39 is 52.4 Å². The summed E-state index contributed by atoms with van der Waals surface area (Å²) in [6, 6.07) is 4.60. The Morgan fingerprint density at radius 1 is 1.16 bits per heavy atom. The monoisotopic (exact) mass is 570 g/mol. The summed E-state index contributed by atoms with van der Waals surface area (Å²) >= 11 is 6.09. The fraction of sp³-hybridized carbons (Fsp3) is 0.318. The molecule has 1 amide bonds. The lowest BCUT2D eigenvalue weighted by Crippen LogP contribution is -2.38. The molecule has 204 valence electrons. The van der Waals surface area contributed by atoms with E-state index >= 15 is 0 Å². The van der Waals surface area contributed by atoms with Crippen molar-refractivity contribution in [3.05, 3.63) is 58.4 Å². The van der Waals surface area contributed by atoms with Crippen molar-refractivity contribution in [2.24, 2.45) is 7.05 Å². The molecule has 1 aliphatic rings. The van der Waals surface area contributed by atoms with Crippen LogP contribution in [0.25, 0.3) is 22.7 Å². The number of hydrogen-bond donors (Lipinski definition) is 2. The number of aliphatic hydroxyl groups excluding tert-OH is 1. The highest BCUT2D eigenvalue weighted by Crippen LogP contribution is 2.50. The number of nitrogens with zero attached hydrogens (tertiary/aromatic N) is 3. The SMILES string of the molecule is C=C(O)C1(NC(=O)c2cc(-c3cc(-c4c(C(F)(F)F)c(C(F)(F)C(F)(F)F)nn4C)no3)ccc2Cl)CC1. The van der Waals surface area contributed by atoms with Crippen molar-refractivity contribution in [1.82, 2.24) is 20.3 Å². The van der Waals surface area contributed by atoms with Crippen LogP contribution in [-0.4, -0.2) is 37.7 Å². The van der Waals surface area contributed by atoms with Gasteiger partial charge in [0.2, 0.25) is 0 Å². The normalized spacial score (nSPS) is 15.4. The molecule has 2 aromatic heterocycles. The number of rotatable bonds is 6. The third-order valence-corrected chi connectivity index (χ3v) is 6.22. The molecule has 0 unspecified atom stereocenters. The van der Waals surface area contributed by atoms with E-state index in [2.05, 4.69) is 22.2 Å². The maximum absolute atomic E-state index is 13.9. The molecule has 1 saturated carbocycles. The molecular formula is C22H15ClF8N4O3. The summed E-state index contributed by atoms with van der Waals surface area (Å²) in [5.41, 5.74) is -7.89. The third-order valence-electron chi connectivity index (χ3n) is 5.89. The number of aliphatic hydroxyl groups is 1. The molecule has 3 aromatic rings. The fourth-order valence-corrected chi connectivity index (χ4v) is 3.91. The third kappa shape index (κ3) is 4.59. The first-order valence-electron chi connectivity index (χ1n) is 10.5. The highest BCUT2D eigenvalue weighted by molar-refractivity contribution is 6.34. The van der Waals surface area contributed by atoms with Crippen LogP contribution in [0.5, 0.6) is 0 Å². The molecule has 1 aliphatic carbocycles. The Labute approximate surface area is 212 Å². The van der Waals surface area contributed by atoms with Gasteiger partial charge in [0.1, 0.15) is 22.7 Å². The minimum Gasteiger partial charge on any atom is -0.510 e. The Morgan fingerprint density at radius 3 is 2.32 bits per heavy atom. The van der Waals surface area contributed by atoms with E-state index in [1.165, 1.54) is 18.2 Å². The van der Waals surface area contributed by atoms with Crippen molar-refractivity contribution in [3.8, 4) is 22.7 Å². The molecule has 16 heteroatoms. The van der Waals surface area contributed by atoms with Gasteiger partial charge in [-0.25, -0.2) is 0 Å². The van der Waals surface area contributed by atoms with Crippen LogP contribution < -0.4 is 5.32 Å². The first-order chi connectivity index (χ1) is 17.4. The van der Waals surface area contributed by atoms with Gasteiger partial charge in [-0.3, -0.25) is 9.48 Å². The van der Waals surface area contributed by atoms with Crippen molar-refractivity contribution in [3.63, 3.8) is 0 Å². The van der Waals surface area contributed by atoms with E-state index in [1.807, 2.05) is 0 Å². The van der Waals surface area contributed by atoms with Crippen LogP contribution in [0.4, 0.5) is 35.1 Å². The number of halogens is 9. The van der Waals surface area contributed by atoms with Crippen molar-refractivity contribution in [1.29, 1.82) is 0 Å². The smallest absolute Gasteiger partial charge is 0.459 e. The van der Waals surface area contributed by atoms with Crippen LogP contribution in [0.2, 0.25) is 5.02 Å². The minimum atomic E-state index is -6.35. The topological polar surface area (TPSA) is 93.2 Å². The van der Waals surface area contributed by atoms with Gasteiger partial charge in [0, 0.05) is 18.7 Å². The van der Waals surface area contributed by atoms with Gasteiger partial charge < -0.3 is 14.9 Å². The number of hydrogen-bond acceptors (Lipinski definition) is 5. The van der Waals surface area contributed by atoms with Gasteiger partial charge in [0.15, 0.2) is 11.5 Å². The largest absolute Gasteiger partial charge is 0.510 e. The van der Waals surface area contributed by atoms with Gasteiger partial charge in [-0.15, -0.1) is 0 Å². The molecule has 0 aliphatic heterocycles. The van der Waals surface area contributed by atoms with E-state index in [4.69, 9.17) is 16.1 Å². The zero-order chi connectivity index (χ0) is 28.4. The Bertz CT molecular complexity index is 1440. The summed E-state index contributed by atoms with van der Waals surface area (Å²) in [5, 5.41) is 18.5. The summed E-state index contributed by atoms with van der Waals surface area (Å²) in [6.45, 7) is 3.40. The van der Waals surface area contributed by atoms with Gasteiger partial charge in [-0.2, -0.15) is 40.2 Å². The second-order valence-electron chi connectivity index (χ2n) is 8.52. The summed E-state index contributed by atoms with van der Waals surface area (Å²) in [4.78, 5) is 12.7. The average molecular weight is 571 g/mol. The second-order valence-corrected chi connectivity index (χ2v) is 8.93. The van der Waals surface area contributed by atoms with Crippen LogP contribution in [-0.2, 0) is 19.1 Å². The number of carbonyl (C=O) groups excluding carboxylic acids is 1. The maximum atomic E-state index is 13.9. The molecule has 38 heavy (non-hydrogen) atoms. The first-order valence-corrected chi connectivity index (χ1v) is 10.8. The zero-order valence-electron chi connectivity index (χ0n) is 18.9. The number of amides is 1. The molecule has 2 heterocycles. The van der Waals surface area contributed by atoms with E-state index in [1.54, 1.807) is 0 Å². The zero-order valence-corrected chi connectivity index (χ0v) is 19.7. The number of aromatic nitrogens is 3. The molecule has 0 atom stereocenters. The number of aryl methyl sites for hydroxylation is 1. The highest BCUT2D eigenvalue weighted by atomic mass is 35.5. The molecule has 0 spiro atoms. The van der Waals surface area contributed by atoms with E-state index in [0.29, 0.717) is 12.8 Å². The van der Waals surface area contributed by atoms with Crippen LogP contribution in [0.15, 0.2) is 41.1 Å². The molecule has 7 nitrogen and oxygen atoms in total. The van der Waals surface area contributed by atoms with Gasteiger partial charge >= 0.3 is 18.3 Å². The van der Waals surface area contributed by atoms with Crippen LogP contribution >= 0.6 is 11.6 Å². The van der Waals surface area contributed by atoms with Crippen molar-refractivity contribution >= 4 is 17.5 Å². The number of carbonyl (C=O) groups is 1. The van der Waals surface area contributed by atoms with Crippen molar-refractivity contribution in [2.75, 3.05) is 0 Å². The molecule has 0 saturated heterocycles. The molecule has 4 rings (SSSR count). The summed E-state index contributed by atoms with van der Waals surface area (Å²) in [7, 11) is 0.738. The highest BCUT2D eigenvalue weighted by Gasteiger charge is 2.64. The molecule has 1 aromatic carbocycles. The fourth-order valence-electron chi connectivity index (χ4n) is 3.71. The standard InChI is InChI=1S/C22H15ClF8N4O3/c1-9(36)19(5-6-19)32-18(37)11-7-10(3-4-12(11)23)14-8-13(34-38-14)16-15(21(26,27)28)17(33-35(16)2)20(24,25)22(29,30)31/h3-4,7-8,36H,1,5-6H2,2H3,(H,32,37). The van der Waals surface area contributed by atoms with Gasteiger partial charge in [-0.05, 0) is 31.0 Å². The first kappa shape index (κ1) is 27.4. The lowest BCUT2D eigenvalue weighted by Gasteiger charge is -2.19. The second kappa shape index (κ2) is 8.71. The van der Waals surface area contributed by atoms with Gasteiger partial charge in [0.25, 0.3) is 5.91 Å². The Kier molecular flexibility index (Phi) is 6.29. The Morgan fingerprint density at radius 2 is 1.79 bits per heavy atom. The molecule has 0 radical (unpaired) electrons. The van der Waals surface area contributed by atoms with Crippen LogP contribution in [0.3, 0.4) is 0 Å². The Balaban J connectivity index is 1.76. The van der Waals surface area contributed by atoms with Crippen molar-refractivity contribution < 1.29 is 49.5 Å². The number of benzene rings is 1. The van der Waals surface area contributed by atoms with Gasteiger partial charge in [-0.1, -0.05) is 23.3 Å². The predicted octanol–water partition coefficient (Wildman–Crippen LogP) is 6.40. The van der Waals surface area contributed by atoms with Crippen molar-refractivity contribution in [2.45, 2.75) is 36.7 Å². The number of alkyl halides is 8. The summed E-state index contributed by atoms with van der Waals surface area (Å²) in [6.07, 6.45) is -11.2. The summed E-state index contributed by atoms with van der Waals surface area (Å²) < 4.78 is 113. The lowest BCUT2D eigenvalue weighted by molar-refractivity contribution is -0.292. The lowest BCUT2D eigenvalue weighted by atomic mass is 10.0. The maximum Gasteiger partial charge on any atom is 0.459 e. The van der Waals surface area contributed by atoms with Gasteiger partial charge in [0.05, 0.1) is 16.1 Å². The Hall–Kier alpha value is -3.62.